The van der Waals surface area contributed by atoms with Crippen molar-refractivity contribution in [3.63, 3.8) is 0 Å². The third-order valence-corrected chi connectivity index (χ3v) is 3.49. The van der Waals surface area contributed by atoms with Crippen molar-refractivity contribution >= 4 is 17.8 Å². The molecule has 0 unspecified atom stereocenters. The summed E-state index contributed by atoms with van der Waals surface area (Å²) in [4.78, 5) is 17.7. The summed E-state index contributed by atoms with van der Waals surface area (Å²) in [6.07, 6.45) is 2.36. The lowest BCUT2D eigenvalue weighted by atomic mass is 10.0. The SMILES string of the molecule is CCNc1nc(N(C)C)nc(N2CCCC2(C)C)n1. The molecule has 0 aromatic carbocycles. The van der Waals surface area contributed by atoms with Gasteiger partial charge in [0.2, 0.25) is 17.8 Å². The molecule has 2 rings (SSSR count). The Morgan fingerprint density at radius 3 is 2.53 bits per heavy atom. The van der Waals surface area contributed by atoms with E-state index >= 15 is 0 Å². The molecule has 0 radical (unpaired) electrons. The van der Waals surface area contributed by atoms with Crippen LogP contribution in [0.2, 0.25) is 0 Å². The quantitative estimate of drug-likeness (QED) is 0.894. The summed E-state index contributed by atoms with van der Waals surface area (Å²) in [5.74, 6) is 2.12. The number of hydrogen-bond acceptors (Lipinski definition) is 6. The molecule has 0 aliphatic carbocycles. The summed E-state index contributed by atoms with van der Waals surface area (Å²) in [5, 5.41) is 3.18. The number of anilines is 3. The van der Waals surface area contributed by atoms with E-state index < -0.39 is 0 Å². The largest absolute Gasteiger partial charge is 0.354 e. The van der Waals surface area contributed by atoms with Crippen LogP contribution in [0.5, 0.6) is 0 Å². The van der Waals surface area contributed by atoms with Crippen LogP contribution in [0.1, 0.15) is 33.6 Å². The summed E-state index contributed by atoms with van der Waals surface area (Å²) in [7, 11) is 3.90. The molecule has 2 heterocycles. The van der Waals surface area contributed by atoms with E-state index in [0.717, 1.165) is 19.0 Å². The number of nitrogens with one attached hydrogen (secondary N) is 1. The van der Waals surface area contributed by atoms with Crippen LogP contribution in [-0.2, 0) is 0 Å². The molecule has 6 heteroatoms. The standard InChI is InChI=1S/C13H24N6/c1-6-14-10-15-11(18(4)5)17-12(16-10)19-9-7-8-13(19,2)3/h6-9H2,1-5H3,(H,14,15,16,17). The minimum absolute atomic E-state index is 0.119. The second kappa shape index (κ2) is 5.19. The second-order valence-corrected chi connectivity index (χ2v) is 5.75. The summed E-state index contributed by atoms with van der Waals surface area (Å²) in [6, 6.07) is 0. The first-order valence-corrected chi connectivity index (χ1v) is 6.89. The summed E-state index contributed by atoms with van der Waals surface area (Å²) >= 11 is 0. The minimum atomic E-state index is 0.119. The van der Waals surface area contributed by atoms with Crippen molar-refractivity contribution in [3.05, 3.63) is 0 Å². The first-order chi connectivity index (χ1) is 8.94. The lowest BCUT2D eigenvalue weighted by Crippen LogP contribution is -2.39. The Kier molecular flexibility index (Phi) is 3.78. The van der Waals surface area contributed by atoms with Crippen LogP contribution < -0.4 is 15.1 Å². The fourth-order valence-corrected chi connectivity index (χ4v) is 2.39. The molecule has 1 aliphatic rings. The Morgan fingerprint density at radius 1 is 1.26 bits per heavy atom. The summed E-state index contributed by atoms with van der Waals surface area (Å²) < 4.78 is 0. The maximum Gasteiger partial charge on any atom is 0.232 e. The Balaban J connectivity index is 2.38. The Labute approximate surface area is 115 Å². The first kappa shape index (κ1) is 13.8. The van der Waals surface area contributed by atoms with Crippen LogP contribution in [0, 0.1) is 0 Å². The van der Waals surface area contributed by atoms with Gasteiger partial charge in [0.05, 0.1) is 0 Å². The van der Waals surface area contributed by atoms with Gasteiger partial charge in [0, 0.05) is 32.7 Å². The lowest BCUT2D eigenvalue weighted by Gasteiger charge is -2.32. The molecule has 1 saturated heterocycles. The van der Waals surface area contributed by atoms with Crippen molar-refractivity contribution in [2.45, 2.75) is 39.2 Å². The second-order valence-electron chi connectivity index (χ2n) is 5.75. The van der Waals surface area contributed by atoms with Crippen LogP contribution in [0.25, 0.3) is 0 Å². The fourth-order valence-electron chi connectivity index (χ4n) is 2.39. The molecule has 1 N–H and O–H groups in total. The highest BCUT2D eigenvalue weighted by Gasteiger charge is 2.34. The van der Waals surface area contributed by atoms with Crippen LogP contribution >= 0.6 is 0 Å². The fraction of sp³-hybridized carbons (Fsp3) is 0.769. The molecule has 106 valence electrons. The van der Waals surface area contributed by atoms with Gasteiger partial charge in [-0.1, -0.05) is 0 Å². The topological polar surface area (TPSA) is 57.2 Å². The van der Waals surface area contributed by atoms with Gasteiger partial charge in [-0.2, -0.15) is 15.0 Å². The van der Waals surface area contributed by atoms with E-state index in [-0.39, 0.29) is 5.54 Å². The highest BCUT2D eigenvalue weighted by molar-refractivity contribution is 5.46. The summed E-state index contributed by atoms with van der Waals surface area (Å²) in [6.45, 7) is 8.34. The van der Waals surface area contributed by atoms with Gasteiger partial charge >= 0.3 is 0 Å². The highest BCUT2D eigenvalue weighted by Crippen LogP contribution is 2.32. The average Bonchev–Trinajstić information content (AvgIpc) is 2.69. The maximum atomic E-state index is 4.58. The molecule has 0 saturated carbocycles. The van der Waals surface area contributed by atoms with Gasteiger partial charge in [-0.15, -0.1) is 0 Å². The van der Waals surface area contributed by atoms with Gasteiger partial charge in [0.15, 0.2) is 0 Å². The number of hydrogen-bond donors (Lipinski definition) is 1. The molecule has 0 spiro atoms. The zero-order valence-corrected chi connectivity index (χ0v) is 12.6. The van der Waals surface area contributed by atoms with Crippen LogP contribution in [0.4, 0.5) is 17.8 Å². The predicted octanol–water partition coefficient (Wildman–Crippen LogP) is 1.75. The van der Waals surface area contributed by atoms with E-state index in [1.807, 2.05) is 25.9 Å². The molecule has 0 bridgehead atoms. The highest BCUT2D eigenvalue weighted by atomic mass is 15.4. The van der Waals surface area contributed by atoms with E-state index in [1.165, 1.54) is 12.8 Å². The molecule has 1 aromatic heterocycles. The normalized spacial score (nSPS) is 17.6. The van der Waals surface area contributed by atoms with E-state index in [2.05, 4.69) is 39.0 Å². The van der Waals surface area contributed by atoms with E-state index in [0.29, 0.717) is 11.9 Å². The predicted molar refractivity (Wildman–Crippen MR) is 79.0 cm³/mol. The summed E-state index contributed by atoms with van der Waals surface area (Å²) in [5.41, 5.74) is 0.119. The molecule has 1 fully saturated rings. The Morgan fingerprint density at radius 2 is 2.00 bits per heavy atom. The minimum Gasteiger partial charge on any atom is -0.354 e. The third kappa shape index (κ3) is 2.88. The number of rotatable bonds is 4. The molecule has 1 aliphatic heterocycles. The van der Waals surface area contributed by atoms with Crippen molar-refractivity contribution in [1.82, 2.24) is 15.0 Å². The van der Waals surface area contributed by atoms with Gasteiger partial charge < -0.3 is 15.1 Å². The van der Waals surface area contributed by atoms with E-state index in [1.54, 1.807) is 0 Å². The number of nitrogens with zero attached hydrogens (tertiary/aromatic N) is 5. The monoisotopic (exact) mass is 264 g/mol. The van der Waals surface area contributed by atoms with Crippen molar-refractivity contribution in [3.8, 4) is 0 Å². The molecule has 6 nitrogen and oxygen atoms in total. The molecule has 19 heavy (non-hydrogen) atoms. The van der Waals surface area contributed by atoms with Crippen LogP contribution in [0.3, 0.4) is 0 Å². The van der Waals surface area contributed by atoms with Crippen LogP contribution in [0.15, 0.2) is 0 Å². The van der Waals surface area contributed by atoms with Crippen molar-refractivity contribution in [1.29, 1.82) is 0 Å². The van der Waals surface area contributed by atoms with Gasteiger partial charge in [0.1, 0.15) is 0 Å². The Bertz CT molecular complexity index is 443. The molecule has 0 atom stereocenters. The number of aromatic nitrogens is 3. The molecule has 1 aromatic rings. The lowest BCUT2D eigenvalue weighted by molar-refractivity contribution is 0.509. The molecule has 0 amide bonds. The molecular weight excluding hydrogens is 240 g/mol. The average molecular weight is 264 g/mol. The first-order valence-electron chi connectivity index (χ1n) is 6.89. The van der Waals surface area contributed by atoms with Crippen molar-refractivity contribution in [2.24, 2.45) is 0 Å². The van der Waals surface area contributed by atoms with Crippen molar-refractivity contribution in [2.75, 3.05) is 42.3 Å². The van der Waals surface area contributed by atoms with Crippen molar-refractivity contribution < 1.29 is 0 Å². The zero-order valence-electron chi connectivity index (χ0n) is 12.6. The van der Waals surface area contributed by atoms with Gasteiger partial charge in [-0.3, -0.25) is 0 Å². The smallest absolute Gasteiger partial charge is 0.232 e. The van der Waals surface area contributed by atoms with E-state index in [4.69, 9.17) is 0 Å². The zero-order chi connectivity index (χ0) is 14.0. The van der Waals surface area contributed by atoms with Gasteiger partial charge in [-0.25, -0.2) is 0 Å². The molecular formula is C13H24N6. The van der Waals surface area contributed by atoms with E-state index in [9.17, 15) is 0 Å². The van der Waals surface area contributed by atoms with Gasteiger partial charge in [0.25, 0.3) is 0 Å². The van der Waals surface area contributed by atoms with Crippen LogP contribution in [-0.4, -0.2) is 47.7 Å². The van der Waals surface area contributed by atoms with Gasteiger partial charge in [-0.05, 0) is 33.6 Å². The maximum absolute atomic E-state index is 4.58. The third-order valence-electron chi connectivity index (χ3n) is 3.49. The Hall–Kier alpha value is -1.59.